The summed E-state index contributed by atoms with van der Waals surface area (Å²) in [5, 5.41) is 6.86. The van der Waals surface area contributed by atoms with Gasteiger partial charge < -0.3 is 19.3 Å². The highest BCUT2D eigenvalue weighted by molar-refractivity contribution is 5.93. The number of anilines is 1. The van der Waals surface area contributed by atoms with E-state index < -0.39 is 0 Å². The molecule has 7 nitrogen and oxygen atoms in total. The molecule has 0 spiro atoms. The SMILES string of the molecule is COc1ccccc1NC(=O)COc1cccc(-c2noc(-c3ccccc3C)n2)c1. The summed E-state index contributed by atoms with van der Waals surface area (Å²) >= 11 is 0. The molecule has 0 aliphatic carbocycles. The molecule has 0 fully saturated rings. The molecule has 4 rings (SSSR count). The lowest BCUT2D eigenvalue weighted by Crippen LogP contribution is -2.20. The van der Waals surface area contributed by atoms with Crippen LogP contribution in [0.3, 0.4) is 0 Å². The van der Waals surface area contributed by atoms with Gasteiger partial charge in [-0.05, 0) is 42.8 Å². The number of carbonyl (C=O) groups excluding carboxylic acids is 1. The number of aryl methyl sites for hydroxylation is 1. The Labute approximate surface area is 179 Å². The molecule has 0 unspecified atom stereocenters. The number of amides is 1. The van der Waals surface area contributed by atoms with Crippen LogP contribution in [-0.2, 0) is 4.79 Å². The lowest BCUT2D eigenvalue weighted by molar-refractivity contribution is -0.118. The summed E-state index contributed by atoms with van der Waals surface area (Å²) in [5.41, 5.74) is 3.26. The highest BCUT2D eigenvalue weighted by atomic mass is 16.5. The molecule has 0 radical (unpaired) electrons. The number of para-hydroxylation sites is 2. The highest BCUT2D eigenvalue weighted by Crippen LogP contribution is 2.27. The van der Waals surface area contributed by atoms with Crippen molar-refractivity contribution in [1.29, 1.82) is 0 Å². The van der Waals surface area contributed by atoms with Gasteiger partial charge in [-0.25, -0.2) is 0 Å². The van der Waals surface area contributed by atoms with Gasteiger partial charge in [-0.1, -0.05) is 47.6 Å². The van der Waals surface area contributed by atoms with E-state index in [2.05, 4.69) is 15.5 Å². The Hall–Kier alpha value is -4.13. The average molecular weight is 415 g/mol. The molecule has 7 heteroatoms. The fourth-order valence-electron chi connectivity index (χ4n) is 3.07. The number of nitrogens with one attached hydrogen (secondary N) is 1. The third kappa shape index (κ3) is 4.72. The number of benzene rings is 3. The first-order valence-corrected chi connectivity index (χ1v) is 9.70. The highest BCUT2D eigenvalue weighted by Gasteiger charge is 2.13. The zero-order chi connectivity index (χ0) is 21.6. The van der Waals surface area contributed by atoms with E-state index in [1.54, 1.807) is 31.4 Å². The first-order chi connectivity index (χ1) is 15.1. The number of aromatic nitrogens is 2. The zero-order valence-corrected chi connectivity index (χ0v) is 17.2. The normalized spacial score (nSPS) is 10.5. The molecule has 31 heavy (non-hydrogen) atoms. The van der Waals surface area contributed by atoms with Crippen molar-refractivity contribution in [3.63, 3.8) is 0 Å². The molecule has 0 aliphatic rings. The molecule has 156 valence electrons. The van der Waals surface area contributed by atoms with Crippen LogP contribution in [0.2, 0.25) is 0 Å². The smallest absolute Gasteiger partial charge is 0.262 e. The van der Waals surface area contributed by atoms with Crippen molar-refractivity contribution in [3.8, 4) is 34.3 Å². The second kappa shape index (κ2) is 9.13. The standard InChI is InChI=1S/C24H21N3O4/c1-16-8-3-4-11-19(16)24-26-23(27-31-24)17-9-7-10-18(14-17)30-15-22(28)25-20-12-5-6-13-21(20)29-2/h3-14H,15H2,1-2H3,(H,25,28). The Balaban J connectivity index is 1.43. The maximum Gasteiger partial charge on any atom is 0.262 e. The summed E-state index contributed by atoms with van der Waals surface area (Å²) in [6.07, 6.45) is 0. The maximum atomic E-state index is 12.3. The Morgan fingerprint density at radius 3 is 2.68 bits per heavy atom. The van der Waals surface area contributed by atoms with E-state index in [-0.39, 0.29) is 12.5 Å². The topological polar surface area (TPSA) is 86.5 Å². The third-order valence-electron chi connectivity index (χ3n) is 4.64. The number of carbonyl (C=O) groups is 1. The van der Waals surface area contributed by atoms with Crippen LogP contribution >= 0.6 is 0 Å². The monoisotopic (exact) mass is 415 g/mol. The van der Waals surface area contributed by atoms with Gasteiger partial charge >= 0.3 is 0 Å². The molecule has 0 bridgehead atoms. The van der Waals surface area contributed by atoms with Gasteiger partial charge in [0.1, 0.15) is 11.5 Å². The second-order valence-corrected chi connectivity index (χ2v) is 6.80. The molecule has 0 atom stereocenters. The molecule has 0 aliphatic heterocycles. The number of ether oxygens (including phenoxy) is 2. The van der Waals surface area contributed by atoms with E-state index in [4.69, 9.17) is 14.0 Å². The van der Waals surface area contributed by atoms with Gasteiger partial charge in [0.05, 0.1) is 12.8 Å². The minimum Gasteiger partial charge on any atom is -0.495 e. The predicted molar refractivity (Wildman–Crippen MR) is 117 cm³/mol. The Bertz CT molecular complexity index is 1200. The first-order valence-electron chi connectivity index (χ1n) is 9.70. The van der Waals surface area contributed by atoms with Crippen molar-refractivity contribution in [2.45, 2.75) is 6.92 Å². The van der Waals surface area contributed by atoms with Gasteiger partial charge in [0, 0.05) is 11.1 Å². The molecule has 4 aromatic rings. The molecular formula is C24H21N3O4. The van der Waals surface area contributed by atoms with Crippen molar-refractivity contribution in [2.75, 3.05) is 19.0 Å². The quantitative estimate of drug-likeness (QED) is 0.469. The lowest BCUT2D eigenvalue weighted by atomic mass is 10.1. The fourth-order valence-corrected chi connectivity index (χ4v) is 3.07. The number of hydrogen-bond acceptors (Lipinski definition) is 6. The van der Waals surface area contributed by atoms with Crippen LogP contribution in [0.1, 0.15) is 5.56 Å². The van der Waals surface area contributed by atoms with Crippen molar-refractivity contribution >= 4 is 11.6 Å². The minimum atomic E-state index is -0.295. The maximum absolute atomic E-state index is 12.3. The van der Waals surface area contributed by atoms with E-state index in [1.165, 1.54) is 0 Å². The van der Waals surface area contributed by atoms with Crippen molar-refractivity contribution in [3.05, 3.63) is 78.4 Å². The Kier molecular flexibility index (Phi) is 5.93. The number of methoxy groups -OCH3 is 1. The van der Waals surface area contributed by atoms with Gasteiger partial charge in [0.15, 0.2) is 6.61 Å². The molecular weight excluding hydrogens is 394 g/mol. The van der Waals surface area contributed by atoms with Crippen LogP contribution in [0, 0.1) is 6.92 Å². The van der Waals surface area contributed by atoms with E-state index in [0.717, 1.165) is 16.7 Å². The van der Waals surface area contributed by atoms with Crippen LogP contribution in [0.15, 0.2) is 77.3 Å². The fraction of sp³-hybridized carbons (Fsp3) is 0.125. The second-order valence-electron chi connectivity index (χ2n) is 6.80. The van der Waals surface area contributed by atoms with E-state index in [9.17, 15) is 4.79 Å². The molecule has 1 heterocycles. The van der Waals surface area contributed by atoms with Crippen LogP contribution in [0.4, 0.5) is 5.69 Å². The summed E-state index contributed by atoms with van der Waals surface area (Å²) in [6, 6.07) is 22.2. The number of rotatable bonds is 7. The summed E-state index contributed by atoms with van der Waals surface area (Å²) in [4.78, 5) is 16.8. The van der Waals surface area contributed by atoms with E-state index >= 15 is 0 Å². The number of hydrogen-bond donors (Lipinski definition) is 1. The molecule has 1 amide bonds. The Morgan fingerprint density at radius 2 is 1.84 bits per heavy atom. The minimum absolute atomic E-state index is 0.151. The first kappa shape index (κ1) is 20.2. The van der Waals surface area contributed by atoms with Crippen LogP contribution in [0.5, 0.6) is 11.5 Å². The van der Waals surface area contributed by atoms with Crippen LogP contribution in [0.25, 0.3) is 22.8 Å². The van der Waals surface area contributed by atoms with Gasteiger partial charge in [-0.3, -0.25) is 4.79 Å². The van der Waals surface area contributed by atoms with Gasteiger partial charge in [-0.2, -0.15) is 4.98 Å². The van der Waals surface area contributed by atoms with Crippen molar-refractivity contribution in [2.24, 2.45) is 0 Å². The molecule has 1 aromatic heterocycles. The zero-order valence-electron chi connectivity index (χ0n) is 17.2. The molecule has 1 N–H and O–H groups in total. The van der Waals surface area contributed by atoms with Crippen LogP contribution < -0.4 is 14.8 Å². The summed E-state index contributed by atoms with van der Waals surface area (Å²) in [5.74, 6) is 1.71. The Morgan fingerprint density at radius 1 is 1.03 bits per heavy atom. The van der Waals surface area contributed by atoms with E-state index in [1.807, 2.05) is 55.5 Å². The third-order valence-corrected chi connectivity index (χ3v) is 4.64. The van der Waals surface area contributed by atoms with Crippen molar-refractivity contribution < 1.29 is 18.8 Å². The van der Waals surface area contributed by atoms with Gasteiger partial charge in [0.25, 0.3) is 11.8 Å². The van der Waals surface area contributed by atoms with E-state index in [0.29, 0.717) is 28.9 Å². The molecule has 3 aromatic carbocycles. The largest absolute Gasteiger partial charge is 0.495 e. The number of nitrogens with zero attached hydrogens (tertiary/aromatic N) is 2. The summed E-state index contributed by atoms with van der Waals surface area (Å²) in [7, 11) is 1.55. The average Bonchev–Trinajstić information content (AvgIpc) is 3.29. The predicted octanol–water partition coefficient (Wildman–Crippen LogP) is 4.74. The summed E-state index contributed by atoms with van der Waals surface area (Å²) < 4.78 is 16.3. The molecule has 0 saturated heterocycles. The van der Waals surface area contributed by atoms with Crippen molar-refractivity contribution in [1.82, 2.24) is 10.1 Å². The summed E-state index contributed by atoms with van der Waals surface area (Å²) in [6.45, 7) is 1.84. The van der Waals surface area contributed by atoms with Crippen LogP contribution in [-0.4, -0.2) is 29.8 Å². The van der Waals surface area contributed by atoms with Gasteiger partial charge in [0.2, 0.25) is 5.82 Å². The lowest BCUT2D eigenvalue weighted by Gasteiger charge is -2.10. The van der Waals surface area contributed by atoms with Gasteiger partial charge in [-0.15, -0.1) is 0 Å². The molecule has 0 saturated carbocycles.